The van der Waals surface area contributed by atoms with E-state index in [4.69, 9.17) is 4.74 Å². The lowest BCUT2D eigenvalue weighted by Gasteiger charge is -2.34. The van der Waals surface area contributed by atoms with Gasteiger partial charge in [-0.1, -0.05) is 84.0 Å². The quantitative estimate of drug-likeness (QED) is 0.0552. The number of esters is 1. The number of halogens is 2. The van der Waals surface area contributed by atoms with E-state index in [0.717, 1.165) is 39.8 Å². The van der Waals surface area contributed by atoms with Gasteiger partial charge in [0.1, 0.15) is 11.5 Å². The maximum atomic E-state index is 16.3. The van der Waals surface area contributed by atoms with Gasteiger partial charge in [-0.25, -0.2) is 0 Å². The van der Waals surface area contributed by atoms with Crippen LogP contribution in [0.2, 0.25) is 0 Å². The van der Waals surface area contributed by atoms with Crippen molar-refractivity contribution in [3.8, 4) is 5.75 Å². The third kappa shape index (κ3) is 6.05. The van der Waals surface area contributed by atoms with E-state index in [-0.39, 0.29) is 23.2 Å². The number of carbonyl (C=O) groups excluding carboxylic acids is 1. The first-order valence-corrected chi connectivity index (χ1v) is 21.4. The van der Waals surface area contributed by atoms with Crippen LogP contribution in [0.5, 0.6) is 5.75 Å². The Bertz CT molecular complexity index is 3020. The number of aryl methyl sites for hydroxylation is 5. The fourth-order valence-electron chi connectivity index (χ4n) is 10.5. The molecule has 4 nitrogen and oxygen atoms in total. The standard InChI is InChI=1S/C53H55BF2N2O2/c1-29-23-39(24-30(2)46(29)49-50-31(3)21-33(5)57(50)54(55,56)58-34(6)22-32(4)51(49)58)60-45(59)18-13-15-35-19-20-42-44-28-38(53(10,11)12)26-36-25-37(52(7,8)9)27-43(47(36)44)41-17-14-16-40(35)48(41)42/h14,16-17,19-28H,13,15,18H2,1-12H3. The third-order valence-corrected chi connectivity index (χ3v) is 13.2. The van der Waals surface area contributed by atoms with Gasteiger partial charge in [-0.2, -0.15) is 0 Å². The smallest absolute Gasteiger partial charge is 0.427 e. The molecular formula is C53H55BF2N2O2. The van der Waals surface area contributed by atoms with Gasteiger partial charge in [0, 0.05) is 30.7 Å². The van der Waals surface area contributed by atoms with E-state index in [9.17, 15) is 4.79 Å². The number of carbonyl (C=O) groups is 1. The normalized spacial score (nSPS) is 15.5. The Balaban J connectivity index is 1.02. The molecule has 2 aliphatic rings. The van der Waals surface area contributed by atoms with Gasteiger partial charge in [0.25, 0.3) is 0 Å². The van der Waals surface area contributed by atoms with Crippen molar-refractivity contribution in [2.24, 2.45) is 0 Å². The Morgan fingerprint density at radius 3 is 1.93 bits per heavy atom. The molecule has 0 saturated carbocycles. The van der Waals surface area contributed by atoms with Crippen LogP contribution >= 0.6 is 0 Å². The monoisotopic (exact) mass is 800 g/mol. The molecule has 3 heterocycles. The fourth-order valence-corrected chi connectivity index (χ4v) is 10.5. The van der Waals surface area contributed by atoms with Gasteiger partial charge >= 0.3 is 12.9 Å². The molecule has 0 amide bonds. The molecule has 0 atom stereocenters. The number of rotatable bonds is 6. The first-order chi connectivity index (χ1) is 28.2. The highest BCUT2D eigenvalue weighted by Crippen LogP contribution is 2.47. The van der Waals surface area contributed by atoms with Crippen LogP contribution in [0.1, 0.15) is 119 Å². The zero-order valence-corrected chi connectivity index (χ0v) is 37.2. The predicted octanol–water partition coefficient (Wildman–Crippen LogP) is 13.7. The van der Waals surface area contributed by atoms with E-state index < -0.39 is 6.97 Å². The summed E-state index contributed by atoms with van der Waals surface area (Å²) in [5, 5.41) is 10.3. The minimum Gasteiger partial charge on any atom is -0.427 e. The highest BCUT2D eigenvalue weighted by molar-refractivity contribution is 6.58. The zero-order chi connectivity index (χ0) is 43.0. The number of nitrogens with zero attached hydrogens (tertiary/aromatic N) is 2. The van der Waals surface area contributed by atoms with Crippen LogP contribution in [0.15, 0.2) is 90.1 Å². The fraction of sp³-hybridized carbons (Fsp3) is 0.321. The van der Waals surface area contributed by atoms with Crippen LogP contribution in [0, 0.1) is 27.7 Å². The Labute approximate surface area is 352 Å². The third-order valence-electron chi connectivity index (χ3n) is 13.2. The van der Waals surface area contributed by atoms with Gasteiger partial charge in [-0.3, -0.25) is 4.79 Å². The molecule has 0 fully saturated rings. The van der Waals surface area contributed by atoms with E-state index >= 15 is 8.63 Å². The summed E-state index contributed by atoms with van der Waals surface area (Å²) in [4.78, 5) is 13.5. The van der Waals surface area contributed by atoms with Gasteiger partial charge < -0.3 is 22.3 Å². The topological polar surface area (TPSA) is 34.2 Å². The maximum absolute atomic E-state index is 16.3. The van der Waals surface area contributed by atoms with Crippen molar-refractivity contribution in [2.45, 2.75) is 113 Å². The number of hydrogen-bond acceptors (Lipinski definition) is 2. The maximum Gasteiger partial charge on any atom is 0.737 e. The number of ether oxygens (including phenoxy) is 1. The van der Waals surface area contributed by atoms with Gasteiger partial charge in [-0.15, -0.1) is 0 Å². The van der Waals surface area contributed by atoms with Crippen LogP contribution in [0.25, 0.3) is 48.7 Å². The summed E-state index contributed by atoms with van der Waals surface area (Å²) in [5.41, 5.74) is 11.1. The summed E-state index contributed by atoms with van der Waals surface area (Å²) in [6.45, 7) is 20.9. The molecular weight excluding hydrogens is 745 g/mol. The molecule has 9 rings (SSSR count). The van der Waals surface area contributed by atoms with Crippen molar-refractivity contribution in [1.82, 2.24) is 4.48 Å². The molecule has 1 aromatic heterocycles. The SMILES string of the molecule is CC1=CC(C)=[N+]2C1=C(c1c(C)cc(OC(=O)CCCc3ccc4c5cc(C(C)(C)C)cc6cc(C(C)(C)C)cc(c7cccc3c74)c65)cc1C)c1c(C)cc(C)n1[B-]2(F)F. The lowest BCUT2D eigenvalue weighted by Crippen LogP contribution is -2.51. The summed E-state index contributed by atoms with van der Waals surface area (Å²) in [7, 11) is 0. The summed E-state index contributed by atoms with van der Waals surface area (Å²) in [6, 6.07) is 26.4. The van der Waals surface area contributed by atoms with Crippen molar-refractivity contribution >= 4 is 67.3 Å². The van der Waals surface area contributed by atoms with Crippen molar-refractivity contribution in [1.29, 1.82) is 0 Å². The number of hydrogen-bond donors (Lipinski definition) is 0. The summed E-state index contributed by atoms with van der Waals surface area (Å²) < 4.78 is 41.0. The molecule has 7 aromatic rings. The number of benzene rings is 6. The molecule has 0 aliphatic carbocycles. The lowest BCUT2D eigenvalue weighted by molar-refractivity contribution is -0.363. The summed E-state index contributed by atoms with van der Waals surface area (Å²) in [6.07, 6.45) is 3.49. The molecule has 7 heteroatoms. The summed E-state index contributed by atoms with van der Waals surface area (Å²) >= 11 is 0. The van der Waals surface area contributed by atoms with Crippen LogP contribution in [0.3, 0.4) is 0 Å². The lowest BCUT2D eigenvalue weighted by atomic mass is 9.79. The number of aromatic nitrogens is 1. The van der Waals surface area contributed by atoms with E-state index in [1.54, 1.807) is 13.8 Å². The second kappa shape index (κ2) is 13.5. The first-order valence-electron chi connectivity index (χ1n) is 21.4. The van der Waals surface area contributed by atoms with Gasteiger partial charge in [0.2, 0.25) is 0 Å². The molecule has 60 heavy (non-hydrogen) atoms. The van der Waals surface area contributed by atoms with Crippen molar-refractivity contribution in [3.05, 3.63) is 140 Å². The van der Waals surface area contributed by atoms with E-state index in [1.165, 1.54) is 68.7 Å². The van der Waals surface area contributed by atoms with Crippen LogP contribution in [-0.4, -0.2) is 27.6 Å². The Kier molecular flexibility index (Phi) is 8.96. The minimum absolute atomic E-state index is 0.00140. The second-order valence-electron chi connectivity index (χ2n) is 19.7. The number of fused-ring (bicyclic) bond motifs is 4. The van der Waals surface area contributed by atoms with Crippen molar-refractivity contribution in [2.75, 3.05) is 0 Å². The molecule has 306 valence electrons. The molecule has 0 saturated heterocycles. The van der Waals surface area contributed by atoms with Gasteiger partial charge in [0.05, 0.1) is 5.57 Å². The molecule has 2 aliphatic heterocycles. The van der Waals surface area contributed by atoms with Gasteiger partial charge in [0.15, 0.2) is 5.70 Å². The van der Waals surface area contributed by atoms with Crippen LogP contribution < -0.4 is 4.74 Å². The van der Waals surface area contributed by atoms with Gasteiger partial charge in [-0.05, 0) is 176 Å². The average Bonchev–Trinajstić information content (AvgIpc) is 3.64. The highest BCUT2D eigenvalue weighted by Gasteiger charge is 2.55. The van der Waals surface area contributed by atoms with Crippen LogP contribution in [-0.2, 0) is 22.0 Å². The first kappa shape index (κ1) is 39.9. The van der Waals surface area contributed by atoms with Crippen molar-refractivity contribution in [3.63, 3.8) is 0 Å². The van der Waals surface area contributed by atoms with Crippen LogP contribution in [0.4, 0.5) is 8.63 Å². The number of allylic oxidation sites excluding steroid dienone is 2. The molecule has 0 unspecified atom stereocenters. The molecule has 0 spiro atoms. The molecule has 6 aromatic carbocycles. The average molecular weight is 801 g/mol. The Morgan fingerprint density at radius 2 is 1.32 bits per heavy atom. The Morgan fingerprint density at radius 1 is 0.717 bits per heavy atom. The zero-order valence-electron chi connectivity index (χ0n) is 37.2. The molecule has 0 bridgehead atoms. The molecule has 0 radical (unpaired) electrons. The largest absolute Gasteiger partial charge is 0.737 e. The highest BCUT2D eigenvalue weighted by atomic mass is 19.2. The van der Waals surface area contributed by atoms with E-state index in [2.05, 4.69) is 96.1 Å². The second-order valence-corrected chi connectivity index (χ2v) is 19.7. The van der Waals surface area contributed by atoms with E-state index in [1.807, 2.05) is 52.0 Å². The molecule has 0 N–H and O–H groups in total. The Hall–Kier alpha value is -5.56. The van der Waals surface area contributed by atoms with Crippen molar-refractivity contribution < 1.29 is 22.6 Å². The predicted molar refractivity (Wildman–Crippen MR) is 248 cm³/mol. The summed E-state index contributed by atoms with van der Waals surface area (Å²) in [5.74, 6) is 0.178. The van der Waals surface area contributed by atoms with E-state index in [0.29, 0.717) is 35.0 Å². The minimum atomic E-state index is -4.07.